The van der Waals surface area contributed by atoms with Gasteiger partial charge in [0.1, 0.15) is 29.1 Å². The largest absolute Gasteiger partial charge is 0.508 e. The van der Waals surface area contributed by atoms with E-state index in [1.165, 1.54) is 11.6 Å². The maximum atomic E-state index is 10.1. The molecule has 0 amide bonds. The maximum absolute atomic E-state index is 10.1. The highest BCUT2D eigenvalue weighted by molar-refractivity contribution is 5.64. The first kappa shape index (κ1) is 21.6. The molecule has 0 aromatic heterocycles. The van der Waals surface area contributed by atoms with E-state index in [9.17, 15) is 10.2 Å². The lowest BCUT2D eigenvalue weighted by atomic mass is 9.92. The topological polar surface area (TPSA) is 58.9 Å². The van der Waals surface area contributed by atoms with Gasteiger partial charge in [0.2, 0.25) is 0 Å². The SMILES string of the molecule is C=C(C)/C=C/c1cc([C@@H]2CCc3c(O)cc(O)cc3O2)cc(CC=C(C)C)c1OC. The molecule has 0 unspecified atom stereocenters. The van der Waals surface area contributed by atoms with Crippen molar-refractivity contribution in [1.82, 2.24) is 0 Å². The van der Waals surface area contributed by atoms with Crippen molar-refractivity contribution < 1.29 is 19.7 Å². The van der Waals surface area contributed by atoms with Gasteiger partial charge in [-0.2, -0.15) is 0 Å². The molecule has 158 valence electrons. The summed E-state index contributed by atoms with van der Waals surface area (Å²) >= 11 is 0. The quantitative estimate of drug-likeness (QED) is 0.438. The lowest BCUT2D eigenvalue weighted by Crippen LogP contribution is -2.16. The Morgan fingerprint density at radius 2 is 1.97 bits per heavy atom. The number of rotatable bonds is 6. The summed E-state index contributed by atoms with van der Waals surface area (Å²) in [5.41, 5.74) is 6.05. The van der Waals surface area contributed by atoms with Gasteiger partial charge in [0.25, 0.3) is 0 Å². The van der Waals surface area contributed by atoms with E-state index in [1.54, 1.807) is 13.2 Å². The molecular weight excluding hydrogens is 376 g/mol. The first-order valence-electron chi connectivity index (χ1n) is 10.2. The molecule has 4 nitrogen and oxygen atoms in total. The third-order valence-electron chi connectivity index (χ3n) is 5.17. The van der Waals surface area contributed by atoms with Gasteiger partial charge in [-0.3, -0.25) is 0 Å². The van der Waals surface area contributed by atoms with Gasteiger partial charge in [0.15, 0.2) is 0 Å². The van der Waals surface area contributed by atoms with Gasteiger partial charge in [-0.25, -0.2) is 0 Å². The minimum absolute atomic E-state index is 0.00374. The van der Waals surface area contributed by atoms with Crippen molar-refractivity contribution in [3.8, 4) is 23.0 Å². The lowest BCUT2D eigenvalue weighted by molar-refractivity contribution is 0.173. The highest BCUT2D eigenvalue weighted by Crippen LogP contribution is 2.42. The van der Waals surface area contributed by atoms with Gasteiger partial charge in [-0.15, -0.1) is 0 Å². The number of hydrogen-bond donors (Lipinski definition) is 2. The molecule has 0 fully saturated rings. The van der Waals surface area contributed by atoms with Gasteiger partial charge < -0.3 is 19.7 Å². The Bertz CT molecular complexity index is 1010. The van der Waals surface area contributed by atoms with Crippen LogP contribution in [0.3, 0.4) is 0 Å². The van der Waals surface area contributed by atoms with Crippen LogP contribution < -0.4 is 9.47 Å². The van der Waals surface area contributed by atoms with Crippen LogP contribution in [-0.4, -0.2) is 17.3 Å². The molecule has 2 aromatic carbocycles. The summed E-state index contributed by atoms with van der Waals surface area (Å²) in [5.74, 6) is 1.45. The summed E-state index contributed by atoms with van der Waals surface area (Å²) in [5, 5.41) is 20.0. The molecule has 3 rings (SSSR count). The van der Waals surface area contributed by atoms with E-state index in [0.29, 0.717) is 12.2 Å². The van der Waals surface area contributed by atoms with E-state index in [1.807, 2.05) is 19.1 Å². The second-order valence-electron chi connectivity index (χ2n) is 8.05. The predicted octanol–water partition coefficient (Wildman–Crippen LogP) is 6.27. The molecule has 0 bridgehead atoms. The number of methoxy groups -OCH3 is 1. The highest BCUT2D eigenvalue weighted by atomic mass is 16.5. The number of benzene rings is 2. The molecule has 0 aliphatic carbocycles. The van der Waals surface area contributed by atoms with Crippen LogP contribution in [-0.2, 0) is 12.8 Å². The Morgan fingerprint density at radius 3 is 2.63 bits per heavy atom. The summed E-state index contributed by atoms with van der Waals surface area (Å²) < 4.78 is 12.0. The number of fused-ring (bicyclic) bond motifs is 1. The molecule has 2 N–H and O–H groups in total. The predicted molar refractivity (Wildman–Crippen MR) is 121 cm³/mol. The zero-order valence-corrected chi connectivity index (χ0v) is 18.2. The van der Waals surface area contributed by atoms with Crippen molar-refractivity contribution in [2.75, 3.05) is 7.11 Å². The molecule has 1 atom stereocenters. The summed E-state index contributed by atoms with van der Waals surface area (Å²) in [6, 6.07) is 7.14. The molecule has 1 heterocycles. The molecular formula is C26H30O4. The normalized spacial score (nSPS) is 15.4. The Kier molecular flexibility index (Phi) is 6.56. The number of phenols is 2. The Labute approximate surface area is 178 Å². The number of ether oxygens (including phenoxy) is 2. The first-order valence-corrected chi connectivity index (χ1v) is 10.2. The fraction of sp³-hybridized carbons (Fsp3) is 0.308. The van der Waals surface area contributed by atoms with Gasteiger partial charge in [-0.05, 0) is 63.3 Å². The number of hydrogen-bond acceptors (Lipinski definition) is 4. The number of aromatic hydroxyl groups is 2. The molecule has 2 aromatic rings. The Balaban J connectivity index is 2.05. The molecule has 1 aliphatic heterocycles. The van der Waals surface area contributed by atoms with Crippen molar-refractivity contribution in [2.45, 2.75) is 46.1 Å². The number of allylic oxidation sites excluding steroid dienone is 4. The molecule has 0 saturated heterocycles. The summed E-state index contributed by atoms with van der Waals surface area (Å²) in [6.07, 6.45) is 8.18. The van der Waals surface area contributed by atoms with Crippen molar-refractivity contribution in [1.29, 1.82) is 0 Å². The van der Waals surface area contributed by atoms with Gasteiger partial charge >= 0.3 is 0 Å². The van der Waals surface area contributed by atoms with Crippen LogP contribution in [0, 0.1) is 0 Å². The molecule has 0 radical (unpaired) electrons. The van der Waals surface area contributed by atoms with Crippen molar-refractivity contribution in [3.05, 3.63) is 76.4 Å². The second-order valence-corrected chi connectivity index (χ2v) is 8.05. The molecule has 0 saturated carbocycles. The van der Waals surface area contributed by atoms with E-state index in [2.05, 4.69) is 38.6 Å². The molecule has 0 spiro atoms. The lowest BCUT2D eigenvalue weighted by Gasteiger charge is -2.28. The van der Waals surface area contributed by atoms with Crippen LogP contribution in [0.1, 0.15) is 55.5 Å². The zero-order valence-electron chi connectivity index (χ0n) is 18.2. The zero-order chi connectivity index (χ0) is 21.8. The fourth-order valence-electron chi connectivity index (χ4n) is 3.69. The fourth-order valence-corrected chi connectivity index (χ4v) is 3.69. The van der Waals surface area contributed by atoms with Gasteiger partial charge in [0.05, 0.1) is 7.11 Å². The van der Waals surface area contributed by atoms with Crippen molar-refractivity contribution in [2.24, 2.45) is 0 Å². The standard InChI is InChI=1S/C26H30O4/c1-16(2)6-8-18-12-20(13-19(26(18)29-5)9-7-17(3)4)24-11-10-22-23(28)14-21(27)15-25(22)30-24/h6-8,12-15,24,27-28H,1,9-11H2,2-5H3/b8-6+/t24-/m0/s1. The average Bonchev–Trinajstić information content (AvgIpc) is 2.69. The minimum Gasteiger partial charge on any atom is -0.508 e. The van der Waals surface area contributed by atoms with Crippen molar-refractivity contribution >= 4 is 6.08 Å². The van der Waals surface area contributed by atoms with Crippen LogP contribution in [0.15, 0.2) is 54.1 Å². The maximum Gasteiger partial charge on any atom is 0.130 e. The van der Waals surface area contributed by atoms with Gasteiger partial charge in [-0.1, -0.05) is 36.0 Å². The Morgan fingerprint density at radius 1 is 1.20 bits per heavy atom. The molecule has 30 heavy (non-hydrogen) atoms. The first-order chi connectivity index (χ1) is 14.3. The second kappa shape index (κ2) is 9.12. The summed E-state index contributed by atoms with van der Waals surface area (Å²) in [7, 11) is 1.69. The minimum atomic E-state index is -0.174. The molecule has 1 aliphatic rings. The van der Waals surface area contributed by atoms with Crippen LogP contribution in [0.25, 0.3) is 6.08 Å². The van der Waals surface area contributed by atoms with Crippen LogP contribution in [0.4, 0.5) is 0 Å². The Hall–Kier alpha value is -3.14. The monoisotopic (exact) mass is 406 g/mol. The van der Waals surface area contributed by atoms with E-state index in [0.717, 1.165) is 46.4 Å². The highest BCUT2D eigenvalue weighted by Gasteiger charge is 2.25. The molecule has 4 heteroatoms. The smallest absolute Gasteiger partial charge is 0.130 e. The number of phenolic OH excluding ortho intramolecular Hbond substituents is 2. The summed E-state index contributed by atoms with van der Waals surface area (Å²) in [6.45, 7) is 10.1. The third kappa shape index (κ3) is 4.88. The van der Waals surface area contributed by atoms with Crippen LogP contribution in [0.2, 0.25) is 0 Å². The van der Waals surface area contributed by atoms with E-state index in [-0.39, 0.29) is 17.6 Å². The van der Waals surface area contributed by atoms with E-state index >= 15 is 0 Å². The average molecular weight is 407 g/mol. The van der Waals surface area contributed by atoms with Crippen LogP contribution >= 0.6 is 0 Å². The van der Waals surface area contributed by atoms with E-state index in [4.69, 9.17) is 9.47 Å². The third-order valence-corrected chi connectivity index (χ3v) is 5.17. The van der Waals surface area contributed by atoms with Crippen molar-refractivity contribution in [3.63, 3.8) is 0 Å². The van der Waals surface area contributed by atoms with E-state index < -0.39 is 0 Å². The van der Waals surface area contributed by atoms with Gasteiger partial charge in [0, 0.05) is 23.3 Å². The summed E-state index contributed by atoms with van der Waals surface area (Å²) in [4.78, 5) is 0. The van der Waals surface area contributed by atoms with Crippen LogP contribution in [0.5, 0.6) is 23.0 Å².